The molecule has 0 radical (unpaired) electrons. The SMILES string of the molecule is C[C-]=C/C(Br)=C(/N)[CH]=[W]. The summed E-state index contributed by atoms with van der Waals surface area (Å²) in [5.41, 5.74) is 6.31. The maximum atomic E-state index is 5.53. The molecule has 9 heavy (non-hydrogen) atoms. The van der Waals surface area contributed by atoms with Crippen LogP contribution in [0.15, 0.2) is 16.3 Å². The molecule has 0 fully saturated rings. The molecule has 50 valence electrons. The number of allylic oxidation sites excluding steroid dienone is 4. The van der Waals surface area contributed by atoms with E-state index in [0.717, 1.165) is 10.2 Å². The Morgan fingerprint density at radius 3 is 2.67 bits per heavy atom. The van der Waals surface area contributed by atoms with E-state index in [4.69, 9.17) is 5.73 Å². The van der Waals surface area contributed by atoms with Gasteiger partial charge >= 0.3 is 74.7 Å². The first-order chi connectivity index (χ1) is 4.22. The molecule has 0 bridgehead atoms. The second-order valence-corrected chi connectivity index (χ2v) is 3.06. The van der Waals surface area contributed by atoms with Crippen LogP contribution in [0.5, 0.6) is 0 Å². The van der Waals surface area contributed by atoms with Crippen LogP contribution < -0.4 is 5.73 Å². The standard InChI is InChI=1S/C6H7BrN.W/c1-3-4-6(7)5(2)8;/h2,4H,8H2,1H3;/q-1;/b6-5-;. The van der Waals surface area contributed by atoms with Crippen molar-refractivity contribution in [2.24, 2.45) is 5.73 Å². The zero-order chi connectivity index (χ0) is 7.28. The Hall–Kier alpha value is 0.318. The zero-order valence-corrected chi connectivity index (χ0v) is 9.54. The number of rotatable bonds is 2. The van der Waals surface area contributed by atoms with E-state index in [9.17, 15) is 0 Å². The molecule has 0 heterocycles. The molecule has 0 atom stereocenters. The van der Waals surface area contributed by atoms with Crippen molar-refractivity contribution >= 4 is 20.3 Å². The number of halogens is 1. The van der Waals surface area contributed by atoms with Gasteiger partial charge in [-0.2, -0.15) is 0 Å². The molecule has 0 aromatic carbocycles. The first kappa shape index (κ1) is 9.32. The second kappa shape index (κ2) is 5.13. The third-order valence-corrected chi connectivity index (χ3v) is 2.27. The third-order valence-electron chi connectivity index (χ3n) is 0.674. The van der Waals surface area contributed by atoms with Gasteiger partial charge in [0.1, 0.15) is 0 Å². The molecule has 0 aromatic rings. The van der Waals surface area contributed by atoms with Gasteiger partial charge in [-0.25, -0.2) is 0 Å². The van der Waals surface area contributed by atoms with Crippen molar-refractivity contribution in [2.45, 2.75) is 6.92 Å². The first-order valence-corrected chi connectivity index (χ1v) is 4.82. The number of hydrogen-bond donors (Lipinski definition) is 1. The molecule has 0 aliphatic heterocycles. The van der Waals surface area contributed by atoms with E-state index >= 15 is 0 Å². The van der Waals surface area contributed by atoms with Gasteiger partial charge in [0.25, 0.3) is 0 Å². The van der Waals surface area contributed by atoms with E-state index in [-0.39, 0.29) is 0 Å². The van der Waals surface area contributed by atoms with Crippen LogP contribution in [0.2, 0.25) is 0 Å². The summed E-state index contributed by atoms with van der Waals surface area (Å²) in [4.78, 5) is 0. The molecule has 0 unspecified atom stereocenters. The fraction of sp³-hybridized carbons (Fsp3) is 0.167. The van der Waals surface area contributed by atoms with Crippen molar-refractivity contribution in [3.8, 4) is 0 Å². The summed E-state index contributed by atoms with van der Waals surface area (Å²) in [6.45, 7) is 1.83. The van der Waals surface area contributed by atoms with E-state index in [1.54, 1.807) is 6.08 Å². The molecule has 0 amide bonds. The minimum atomic E-state index is 0.777. The fourth-order valence-electron chi connectivity index (χ4n) is 0.266. The summed E-state index contributed by atoms with van der Waals surface area (Å²) in [5.74, 6) is 0. The van der Waals surface area contributed by atoms with Crippen LogP contribution in [0.3, 0.4) is 0 Å². The molecule has 0 saturated carbocycles. The van der Waals surface area contributed by atoms with Gasteiger partial charge < -0.3 is 0 Å². The predicted molar refractivity (Wildman–Crippen MR) is 39.7 cm³/mol. The van der Waals surface area contributed by atoms with Gasteiger partial charge in [-0.15, -0.1) is 0 Å². The van der Waals surface area contributed by atoms with Crippen LogP contribution in [0.4, 0.5) is 0 Å². The van der Waals surface area contributed by atoms with E-state index in [1.807, 2.05) is 11.3 Å². The first-order valence-electron chi connectivity index (χ1n) is 2.33. The Morgan fingerprint density at radius 2 is 2.33 bits per heavy atom. The summed E-state index contributed by atoms with van der Waals surface area (Å²) in [7, 11) is 0. The molecule has 0 aliphatic carbocycles. The molecule has 2 N–H and O–H groups in total. The Balaban J connectivity index is 4.27. The monoisotopic (exact) mass is 356 g/mol. The topological polar surface area (TPSA) is 26.0 Å². The minimum absolute atomic E-state index is 0.777. The molecule has 0 spiro atoms. The quantitative estimate of drug-likeness (QED) is 0.585. The van der Waals surface area contributed by atoms with Crippen molar-refractivity contribution in [3.05, 3.63) is 22.3 Å². The van der Waals surface area contributed by atoms with Gasteiger partial charge in [-0.1, -0.05) is 0 Å². The Bertz CT molecular complexity index is 160. The van der Waals surface area contributed by atoms with Crippen LogP contribution in [0.1, 0.15) is 6.92 Å². The van der Waals surface area contributed by atoms with Gasteiger partial charge in [0, 0.05) is 0 Å². The second-order valence-electron chi connectivity index (χ2n) is 1.35. The van der Waals surface area contributed by atoms with Gasteiger partial charge in [-0.05, 0) is 0 Å². The molecule has 0 saturated heterocycles. The van der Waals surface area contributed by atoms with Crippen LogP contribution in [0, 0.1) is 6.08 Å². The molecule has 1 nitrogen and oxygen atoms in total. The summed E-state index contributed by atoms with van der Waals surface area (Å²) in [6, 6.07) is 0. The molecule has 0 rings (SSSR count). The van der Waals surface area contributed by atoms with Gasteiger partial charge in [0.05, 0.1) is 0 Å². The Kier molecular flexibility index (Phi) is 5.31. The average molecular weight is 357 g/mol. The third kappa shape index (κ3) is 3.82. The van der Waals surface area contributed by atoms with Crippen LogP contribution in [-0.4, -0.2) is 4.40 Å². The molecule has 3 heteroatoms. The van der Waals surface area contributed by atoms with Gasteiger partial charge in [-0.3, -0.25) is 0 Å². The van der Waals surface area contributed by atoms with Gasteiger partial charge in [0.15, 0.2) is 0 Å². The van der Waals surface area contributed by atoms with Crippen molar-refractivity contribution in [3.63, 3.8) is 0 Å². The summed E-state index contributed by atoms with van der Waals surface area (Å²) >= 11 is 4.63. The van der Waals surface area contributed by atoms with E-state index in [1.165, 1.54) is 19.4 Å². The van der Waals surface area contributed by atoms with Crippen molar-refractivity contribution < 1.29 is 19.4 Å². The molecule has 0 aliphatic rings. The van der Waals surface area contributed by atoms with Crippen molar-refractivity contribution in [1.29, 1.82) is 0 Å². The molecule has 0 aromatic heterocycles. The summed E-state index contributed by atoms with van der Waals surface area (Å²) in [6.07, 6.45) is 4.66. The van der Waals surface area contributed by atoms with Crippen LogP contribution in [0.25, 0.3) is 0 Å². The normalized spacial score (nSPS) is 13.6. The maximum absolute atomic E-state index is 5.53. The summed E-state index contributed by atoms with van der Waals surface area (Å²) < 4.78 is 2.82. The Labute approximate surface area is 74.5 Å². The molecular formula is C6H7BrNW-. The Morgan fingerprint density at radius 1 is 1.78 bits per heavy atom. The van der Waals surface area contributed by atoms with E-state index in [2.05, 4.69) is 22.0 Å². The van der Waals surface area contributed by atoms with Crippen molar-refractivity contribution in [1.82, 2.24) is 0 Å². The van der Waals surface area contributed by atoms with Gasteiger partial charge in [0.2, 0.25) is 0 Å². The number of hydrogen-bond acceptors (Lipinski definition) is 1. The fourth-order valence-corrected chi connectivity index (χ4v) is 1.66. The predicted octanol–water partition coefficient (Wildman–Crippen LogP) is 1.28. The molecular weight excluding hydrogens is 350 g/mol. The zero-order valence-electron chi connectivity index (χ0n) is 5.02. The van der Waals surface area contributed by atoms with E-state index < -0.39 is 0 Å². The van der Waals surface area contributed by atoms with Crippen molar-refractivity contribution in [2.75, 3.05) is 0 Å². The van der Waals surface area contributed by atoms with E-state index in [0.29, 0.717) is 0 Å². The van der Waals surface area contributed by atoms with Crippen LogP contribution >= 0.6 is 15.9 Å². The van der Waals surface area contributed by atoms with Crippen LogP contribution in [-0.2, 0) is 19.4 Å². The summed E-state index contributed by atoms with van der Waals surface area (Å²) in [5, 5.41) is 0. The number of nitrogens with two attached hydrogens (primary N) is 1. The average Bonchev–Trinajstić information content (AvgIpc) is 1.87.